The van der Waals surface area contributed by atoms with Crippen LogP contribution in [0.1, 0.15) is 42.0 Å². The summed E-state index contributed by atoms with van der Waals surface area (Å²) in [6, 6.07) is 17.5. The molecule has 28 heavy (non-hydrogen) atoms. The first-order chi connectivity index (χ1) is 13.7. The number of carbonyl (C=O) groups is 1. The first-order valence-electron chi connectivity index (χ1n) is 10.6. The quantitative estimate of drug-likeness (QED) is 0.826. The van der Waals surface area contributed by atoms with Gasteiger partial charge in [-0.1, -0.05) is 42.0 Å². The number of amides is 1. The van der Waals surface area contributed by atoms with E-state index in [2.05, 4.69) is 46.3 Å². The second kappa shape index (κ2) is 8.89. The molecule has 1 amide bonds. The van der Waals surface area contributed by atoms with Gasteiger partial charge in [0.15, 0.2) is 0 Å². The molecule has 148 valence electrons. The van der Waals surface area contributed by atoms with Crippen molar-refractivity contribution in [2.45, 2.75) is 38.6 Å². The zero-order valence-electron chi connectivity index (χ0n) is 16.9. The number of hydrogen-bond donors (Lipinski definition) is 1. The largest absolute Gasteiger partial charge is 0.326 e. The Morgan fingerprint density at radius 1 is 1.04 bits per heavy atom. The lowest BCUT2D eigenvalue weighted by molar-refractivity contribution is -0.116. The number of rotatable bonds is 6. The van der Waals surface area contributed by atoms with Crippen molar-refractivity contribution in [3.05, 3.63) is 65.2 Å². The molecule has 1 saturated heterocycles. The minimum Gasteiger partial charge on any atom is -0.326 e. The average molecular weight is 378 g/mol. The van der Waals surface area contributed by atoms with E-state index in [1.165, 1.54) is 24.0 Å². The van der Waals surface area contributed by atoms with Gasteiger partial charge in [0.2, 0.25) is 5.91 Å². The predicted molar refractivity (Wildman–Crippen MR) is 115 cm³/mol. The molecular weight excluding hydrogens is 346 g/mol. The van der Waals surface area contributed by atoms with Crippen molar-refractivity contribution >= 4 is 11.6 Å². The SMILES string of the molecule is Cc1ccc(NC(=O)CCCN2CCN(C3CCc4ccccc43)CC2)cc1. The van der Waals surface area contributed by atoms with Gasteiger partial charge in [0.05, 0.1) is 0 Å². The maximum atomic E-state index is 12.1. The van der Waals surface area contributed by atoms with Crippen LogP contribution in [0.4, 0.5) is 5.69 Å². The second-order valence-electron chi connectivity index (χ2n) is 8.15. The summed E-state index contributed by atoms with van der Waals surface area (Å²) in [6.07, 6.45) is 3.99. The van der Waals surface area contributed by atoms with Crippen LogP contribution in [0, 0.1) is 6.92 Å². The molecule has 0 spiro atoms. The van der Waals surface area contributed by atoms with Gasteiger partial charge in [-0.25, -0.2) is 0 Å². The molecule has 0 bridgehead atoms. The van der Waals surface area contributed by atoms with Gasteiger partial charge in [0.1, 0.15) is 0 Å². The van der Waals surface area contributed by atoms with Crippen molar-refractivity contribution in [3.63, 3.8) is 0 Å². The Bertz CT molecular complexity index is 794. The van der Waals surface area contributed by atoms with Gasteiger partial charge in [-0.3, -0.25) is 9.69 Å². The lowest BCUT2D eigenvalue weighted by Crippen LogP contribution is -2.47. The van der Waals surface area contributed by atoms with E-state index in [9.17, 15) is 4.79 Å². The number of hydrogen-bond acceptors (Lipinski definition) is 3. The summed E-state index contributed by atoms with van der Waals surface area (Å²) in [7, 11) is 0. The number of nitrogens with zero attached hydrogens (tertiary/aromatic N) is 2. The van der Waals surface area contributed by atoms with Gasteiger partial charge in [-0.2, -0.15) is 0 Å². The Labute approximate surface area is 168 Å². The Kier molecular flexibility index (Phi) is 6.08. The third-order valence-corrected chi connectivity index (χ3v) is 6.16. The minimum absolute atomic E-state index is 0.116. The summed E-state index contributed by atoms with van der Waals surface area (Å²) in [5.74, 6) is 0.116. The maximum Gasteiger partial charge on any atom is 0.224 e. The molecule has 1 fully saturated rings. The molecule has 1 aliphatic carbocycles. The third kappa shape index (κ3) is 4.62. The fourth-order valence-electron chi connectivity index (χ4n) is 4.54. The Balaban J connectivity index is 1.17. The van der Waals surface area contributed by atoms with Crippen LogP contribution in [-0.2, 0) is 11.2 Å². The molecular formula is C24H31N3O. The lowest BCUT2D eigenvalue weighted by Gasteiger charge is -2.38. The van der Waals surface area contributed by atoms with E-state index in [1.54, 1.807) is 5.56 Å². The molecule has 2 aliphatic rings. The second-order valence-corrected chi connectivity index (χ2v) is 8.15. The van der Waals surface area contributed by atoms with Crippen molar-refractivity contribution in [2.24, 2.45) is 0 Å². The summed E-state index contributed by atoms with van der Waals surface area (Å²) in [4.78, 5) is 17.3. The van der Waals surface area contributed by atoms with E-state index in [4.69, 9.17) is 0 Å². The highest BCUT2D eigenvalue weighted by atomic mass is 16.1. The van der Waals surface area contributed by atoms with Crippen molar-refractivity contribution in [1.29, 1.82) is 0 Å². The molecule has 1 aliphatic heterocycles. The van der Waals surface area contributed by atoms with Crippen LogP contribution in [0.15, 0.2) is 48.5 Å². The molecule has 1 heterocycles. The Morgan fingerprint density at radius 3 is 2.57 bits per heavy atom. The van der Waals surface area contributed by atoms with Gasteiger partial charge in [-0.15, -0.1) is 0 Å². The van der Waals surface area contributed by atoms with Crippen molar-refractivity contribution in [2.75, 3.05) is 38.0 Å². The standard InChI is InChI=1S/C24H31N3O/c1-19-8-11-21(12-9-19)25-24(28)7-4-14-26-15-17-27(18-16-26)23-13-10-20-5-2-3-6-22(20)23/h2-3,5-6,8-9,11-12,23H,4,7,10,13-18H2,1H3,(H,25,28). The molecule has 1 N–H and O–H groups in total. The zero-order chi connectivity index (χ0) is 19.3. The van der Waals surface area contributed by atoms with E-state index >= 15 is 0 Å². The van der Waals surface area contributed by atoms with Crippen LogP contribution >= 0.6 is 0 Å². The molecule has 4 rings (SSSR count). The van der Waals surface area contributed by atoms with Gasteiger partial charge >= 0.3 is 0 Å². The van der Waals surface area contributed by atoms with Gasteiger partial charge in [0, 0.05) is 44.3 Å². The van der Waals surface area contributed by atoms with E-state index in [-0.39, 0.29) is 5.91 Å². The topological polar surface area (TPSA) is 35.6 Å². The van der Waals surface area contributed by atoms with Crippen LogP contribution in [0.2, 0.25) is 0 Å². The van der Waals surface area contributed by atoms with Gasteiger partial charge in [-0.05, 0) is 56.0 Å². The first-order valence-corrected chi connectivity index (χ1v) is 10.6. The van der Waals surface area contributed by atoms with E-state index in [0.717, 1.165) is 44.8 Å². The molecule has 0 saturated carbocycles. The van der Waals surface area contributed by atoms with Crippen LogP contribution in [0.5, 0.6) is 0 Å². The number of anilines is 1. The molecule has 2 aromatic rings. The summed E-state index contributed by atoms with van der Waals surface area (Å²) in [5, 5.41) is 2.99. The van der Waals surface area contributed by atoms with Crippen molar-refractivity contribution < 1.29 is 4.79 Å². The number of benzene rings is 2. The summed E-state index contributed by atoms with van der Waals surface area (Å²) < 4.78 is 0. The number of carbonyl (C=O) groups excluding carboxylic acids is 1. The highest BCUT2D eigenvalue weighted by Crippen LogP contribution is 2.35. The smallest absolute Gasteiger partial charge is 0.224 e. The Hall–Kier alpha value is -2.17. The zero-order valence-corrected chi connectivity index (χ0v) is 16.9. The third-order valence-electron chi connectivity index (χ3n) is 6.16. The summed E-state index contributed by atoms with van der Waals surface area (Å²) >= 11 is 0. The number of fused-ring (bicyclic) bond motifs is 1. The van der Waals surface area contributed by atoms with Crippen LogP contribution < -0.4 is 5.32 Å². The van der Waals surface area contributed by atoms with E-state index in [1.807, 2.05) is 24.3 Å². The molecule has 1 atom stereocenters. The highest BCUT2D eigenvalue weighted by molar-refractivity contribution is 5.90. The maximum absolute atomic E-state index is 12.1. The number of aryl methyl sites for hydroxylation is 2. The average Bonchev–Trinajstić information content (AvgIpc) is 3.14. The predicted octanol–water partition coefficient (Wildman–Crippen LogP) is 4.02. The Morgan fingerprint density at radius 2 is 1.79 bits per heavy atom. The minimum atomic E-state index is 0.116. The van der Waals surface area contributed by atoms with E-state index < -0.39 is 0 Å². The van der Waals surface area contributed by atoms with Crippen molar-refractivity contribution in [3.8, 4) is 0 Å². The van der Waals surface area contributed by atoms with E-state index in [0.29, 0.717) is 12.5 Å². The summed E-state index contributed by atoms with van der Waals surface area (Å²) in [5.41, 5.74) is 5.18. The fraction of sp³-hybridized carbons (Fsp3) is 0.458. The molecule has 4 heteroatoms. The van der Waals surface area contributed by atoms with Crippen LogP contribution in [0.25, 0.3) is 0 Å². The molecule has 4 nitrogen and oxygen atoms in total. The van der Waals surface area contributed by atoms with Crippen LogP contribution in [0.3, 0.4) is 0 Å². The lowest BCUT2D eigenvalue weighted by atomic mass is 10.1. The normalized spacial score (nSPS) is 20.1. The monoisotopic (exact) mass is 377 g/mol. The summed E-state index contributed by atoms with van der Waals surface area (Å²) in [6.45, 7) is 7.55. The molecule has 1 unspecified atom stereocenters. The van der Waals surface area contributed by atoms with Crippen molar-refractivity contribution in [1.82, 2.24) is 9.80 Å². The molecule has 0 radical (unpaired) electrons. The molecule has 0 aromatic heterocycles. The highest BCUT2D eigenvalue weighted by Gasteiger charge is 2.29. The first kappa shape index (κ1) is 19.2. The van der Waals surface area contributed by atoms with Crippen LogP contribution in [-0.4, -0.2) is 48.4 Å². The number of piperazine rings is 1. The van der Waals surface area contributed by atoms with Gasteiger partial charge < -0.3 is 10.2 Å². The fourth-order valence-corrected chi connectivity index (χ4v) is 4.54. The molecule has 2 aromatic carbocycles. The number of nitrogens with one attached hydrogen (secondary N) is 1. The van der Waals surface area contributed by atoms with Gasteiger partial charge in [0.25, 0.3) is 0 Å².